The van der Waals surface area contributed by atoms with Crippen LogP contribution in [0, 0.1) is 6.92 Å². The zero-order chi connectivity index (χ0) is 18.9. The zero-order valence-corrected chi connectivity index (χ0v) is 17.0. The Balaban J connectivity index is 1.89. The number of hydrogen-bond donors (Lipinski definition) is 3. The lowest BCUT2D eigenvalue weighted by atomic mass is 10.2. The maximum absolute atomic E-state index is 11.3. The van der Waals surface area contributed by atoms with Crippen molar-refractivity contribution in [1.29, 1.82) is 0 Å². The first kappa shape index (κ1) is 21.1. The van der Waals surface area contributed by atoms with Gasteiger partial charge in [-0.25, -0.2) is 8.42 Å². The van der Waals surface area contributed by atoms with Gasteiger partial charge in [-0.2, -0.15) is 0 Å². The molecule has 2 rings (SSSR count). The fourth-order valence-corrected chi connectivity index (χ4v) is 4.81. The van der Waals surface area contributed by atoms with Gasteiger partial charge in [0.15, 0.2) is 10.7 Å². The average Bonchev–Trinajstić information content (AvgIpc) is 2.97. The van der Waals surface area contributed by atoms with Crippen LogP contribution in [-0.4, -0.2) is 52.6 Å². The number of nitrogens with two attached hydrogens (primary N) is 2. The topological polar surface area (TPSA) is 98.7 Å². The van der Waals surface area contributed by atoms with Crippen LogP contribution in [0.5, 0.6) is 5.75 Å². The smallest absolute Gasteiger partial charge is 0.177 e. The summed E-state index contributed by atoms with van der Waals surface area (Å²) in [5.41, 5.74) is 12.0. The Labute approximate surface area is 161 Å². The number of aryl methyl sites for hydroxylation is 1. The molecular weight excluding hydrogens is 370 g/mol. The molecule has 0 aliphatic carbocycles. The van der Waals surface area contributed by atoms with Gasteiger partial charge in [0.2, 0.25) is 0 Å². The number of thiophene rings is 1. The minimum atomic E-state index is -2.55. The van der Waals surface area contributed by atoms with E-state index in [1.807, 2.05) is 25.1 Å². The van der Waals surface area contributed by atoms with Crippen molar-refractivity contribution in [2.45, 2.75) is 30.4 Å². The largest absolute Gasteiger partial charge is 0.494 e. The van der Waals surface area contributed by atoms with Gasteiger partial charge in [-0.05, 0) is 76.1 Å². The molecule has 0 bridgehead atoms. The van der Waals surface area contributed by atoms with Gasteiger partial charge in [0.1, 0.15) is 9.96 Å². The molecule has 0 unspecified atom stereocenters. The average molecular weight is 400 g/mol. The normalized spacial score (nSPS) is 11.7. The monoisotopic (exact) mass is 399 g/mol. The Kier molecular flexibility index (Phi) is 8.80. The van der Waals surface area contributed by atoms with Crippen molar-refractivity contribution < 1.29 is 13.2 Å². The number of benzene rings is 1. The zero-order valence-electron chi connectivity index (χ0n) is 15.3. The molecule has 0 saturated heterocycles. The first-order valence-electron chi connectivity index (χ1n) is 8.99. The summed E-state index contributed by atoms with van der Waals surface area (Å²) in [7, 11) is -2.55. The second-order valence-electron chi connectivity index (χ2n) is 6.28. The van der Waals surface area contributed by atoms with Gasteiger partial charge >= 0.3 is 0 Å². The van der Waals surface area contributed by atoms with E-state index in [0.29, 0.717) is 23.9 Å². The number of ether oxygens (including phenoxy) is 1. The molecule has 0 aliphatic heterocycles. The summed E-state index contributed by atoms with van der Waals surface area (Å²) in [6.07, 6.45) is 2.90. The van der Waals surface area contributed by atoms with Gasteiger partial charge < -0.3 is 21.1 Å². The van der Waals surface area contributed by atoms with E-state index in [9.17, 15) is 8.42 Å². The molecule has 4 N–H and O–H groups in total. The lowest BCUT2D eigenvalue weighted by Gasteiger charge is -2.21. The summed E-state index contributed by atoms with van der Waals surface area (Å²) in [6, 6.07) is 5.77. The highest BCUT2D eigenvalue weighted by Gasteiger charge is 2.11. The van der Waals surface area contributed by atoms with Crippen molar-refractivity contribution in [1.82, 2.24) is 4.90 Å². The summed E-state index contributed by atoms with van der Waals surface area (Å²) in [4.78, 5) is 2.38. The Morgan fingerprint density at radius 1 is 1.08 bits per heavy atom. The molecule has 1 aromatic carbocycles. The SMILES string of the molecule is Cc1c([SH](=O)=O)sc2ccc(OCCCN(CCCN)CCCN)cc12. The van der Waals surface area contributed by atoms with Crippen LogP contribution in [0.1, 0.15) is 24.8 Å². The van der Waals surface area contributed by atoms with Gasteiger partial charge in [-0.15, -0.1) is 11.3 Å². The molecule has 0 radical (unpaired) electrons. The third-order valence-corrected chi connectivity index (χ3v) is 6.76. The van der Waals surface area contributed by atoms with Crippen molar-refractivity contribution in [3.8, 4) is 5.75 Å². The second kappa shape index (κ2) is 10.8. The Bertz CT molecular complexity index is 758. The standard InChI is InChI=1S/C18H29N3O3S2/c1-14-16-13-15(5-6-17(16)25-18(14)26(22)23)24-12-4-11-21(9-2-7-19)10-3-8-20/h5-6,13,26H,2-4,7-12,19-20H2,1H3. The van der Waals surface area contributed by atoms with Crippen LogP contribution in [0.15, 0.2) is 22.4 Å². The summed E-state index contributed by atoms with van der Waals surface area (Å²) in [5, 5.41) is 0.953. The van der Waals surface area contributed by atoms with E-state index in [-0.39, 0.29) is 0 Å². The Morgan fingerprint density at radius 2 is 1.73 bits per heavy atom. The number of fused-ring (bicyclic) bond motifs is 1. The lowest BCUT2D eigenvalue weighted by molar-refractivity contribution is 0.232. The molecule has 2 aromatic rings. The molecule has 146 valence electrons. The fourth-order valence-electron chi connectivity index (χ4n) is 2.89. The van der Waals surface area contributed by atoms with Crippen LogP contribution in [0.25, 0.3) is 10.1 Å². The number of hydrogen-bond acceptors (Lipinski definition) is 7. The molecule has 0 fully saturated rings. The van der Waals surface area contributed by atoms with Crippen LogP contribution in [0.2, 0.25) is 0 Å². The molecule has 26 heavy (non-hydrogen) atoms. The molecule has 0 amide bonds. The first-order chi connectivity index (χ1) is 12.6. The summed E-state index contributed by atoms with van der Waals surface area (Å²) >= 11 is 1.31. The minimum absolute atomic E-state index is 0.433. The minimum Gasteiger partial charge on any atom is -0.494 e. The van der Waals surface area contributed by atoms with Crippen LogP contribution in [0.3, 0.4) is 0 Å². The lowest BCUT2D eigenvalue weighted by Crippen LogP contribution is -2.30. The predicted octanol–water partition coefficient (Wildman–Crippen LogP) is 1.95. The maximum Gasteiger partial charge on any atom is 0.177 e. The molecule has 0 saturated carbocycles. The summed E-state index contributed by atoms with van der Waals surface area (Å²) < 4.78 is 29.9. The summed E-state index contributed by atoms with van der Waals surface area (Å²) in [5.74, 6) is 0.779. The van der Waals surface area contributed by atoms with Crippen LogP contribution in [0.4, 0.5) is 0 Å². The van der Waals surface area contributed by atoms with Crippen molar-refractivity contribution in [2.24, 2.45) is 11.5 Å². The quantitative estimate of drug-likeness (QED) is 0.373. The number of rotatable bonds is 12. The van der Waals surface area contributed by atoms with E-state index in [1.165, 1.54) is 11.3 Å². The van der Waals surface area contributed by atoms with Gasteiger partial charge in [0.05, 0.1) is 6.61 Å². The van der Waals surface area contributed by atoms with Crippen molar-refractivity contribution in [3.63, 3.8) is 0 Å². The van der Waals surface area contributed by atoms with Gasteiger partial charge in [0.25, 0.3) is 0 Å². The van der Waals surface area contributed by atoms with E-state index in [2.05, 4.69) is 4.90 Å². The predicted molar refractivity (Wildman–Crippen MR) is 109 cm³/mol. The highest BCUT2D eigenvalue weighted by molar-refractivity contribution is 7.75. The molecule has 8 heteroatoms. The molecule has 6 nitrogen and oxygen atoms in total. The van der Waals surface area contributed by atoms with E-state index < -0.39 is 10.7 Å². The molecule has 0 aliphatic rings. The van der Waals surface area contributed by atoms with Gasteiger partial charge in [0, 0.05) is 16.6 Å². The van der Waals surface area contributed by atoms with Crippen molar-refractivity contribution in [3.05, 3.63) is 23.8 Å². The third kappa shape index (κ3) is 5.92. The molecule has 1 aromatic heterocycles. The Morgan fingerprint density at radius 3 is 2.35 bits per heavy atom. The molecule has 0 atom stereocenters. The molecular formula is C18H29N3O3S2. The van der Waals surface area contributed by atoms with E-state index in [4.69, 9.17) is 16.2 Å². The van der Waals surface area contributed by atoms with Crippen molar-refractivity contribution in [2.75, 3.05) is 39.3 Å². The fraction of sp³-hybridized carbons (Fsp3) is 0.556. The van der Waals surface area contributed by atoms with E-state index in [1.54, 1.807) is 0 Å². The maximum atomic E-state index is 11.3. The van der Waals surface area contributed by atoms with Crippen LogP contribution >= 0.6 is 11.3 Å². The third-order valence-electron chi connectivity index (χ3n) is 4.29. The van der Waals surface area contributed by atoms with E-state index in [0.717, 1.165) is 60.3 Å². The second-order valence-corrected chi connectivity index (χ2v) is 8.59. The van der Waals surface area contributed by atoms with E-state index >= 15 is 0 Å². The van der Waals surface area contributed by atoms with Crippen LogP contribution < -0.4 is 16.2 Å². The molecule has 1 heterocycles. The first-order valence-corrected chi connectivity index (χ1v) is 11.0. The van der Waals surface area contributed by atoms with Gasteiger partial charge in [-0.1, -0.05) is 0 Å². The van der Waals surface area contributed by atoms with Gasteiger partial charge in [-0.3, -0.25) is 0 Å². The van der Waals surface area contributed by atoms with Crippen LogP contribution in [-0.2, 0) is 10.7 Å². The summed E-state index contributed by atoms with van der Waals surface area (Å²) in [6.45, 7) is 6.81. The highest BCUT2D eigenvalue weighted by Crippen LogP contribution is 2.34. The number of thiol groups is 1. The Hall–Kier alpha value is -1.19. The molecule has 0 spiro atoms. The van der Waals surface area contributed by atoms with Crippen molar-refractivity contribution >= 4 is 32.1 Å². The number of nitrogens with zero attached hydrogens (tertiary/aromatic N) is 1. The highest BCUT2D eigenvalue weighted by atomic mass is 32.2.